The predicted molar refractivity (Wildman–Crippen MR) is 75.4 cm³/mol. The van der Waals surface area contributed by atoms with Crippen molar-refractivity contribution in [2.24, 2.45) is 0 Å². The van der Waals surface area contributed by atoms with Gasteiger partial charge in [0.25, 0.3) is 0 Å². The molecule has 0 aliphatic heterocycles. The summed E-state index contributed by atoms with van der Waals surface area (Å²) in [7, 11) is 2.80. The molecular formula is C14H17N3O3. The Morgan fingerprint density at radius 3 is 2.80 bits per heavy atom. The molecule has 2 amide bonds. The number of ether oxygens (including phenoxy) is 1. The number of para-hydroxylation sites is 1. The fraction of sp³-hybridized carbons (Fsp3) is 0.286. The molecule has 0 spiro atoms. The summed E-state index contributed by atoms with van der Waals surface area (Å²) < 4.78 is 4.54. The molecule has 6 nitrogen and oxygen atoms in total. The van der Waals surface area contributed by atoms with Crippen LogP contribution in [0.4, 0.5) is 4.79 Å². The third-order valence-corrected chi connectivity index (χ3v) is 3.14. The maximum atomic E-state index is 11.8. The van der Waals surface area contributed by atoms with E-state index in [1.807, 2.05) is 30.5 Å². The molecule has 6 heteroatoms. The molecule has 2 rings (SSSR count). The molecule has 1 heterocycles. The van der Waals surface area contributed by atoms with Crippen LogP contribution in [0.1, 0.15) is 5.56 Å². The highest BCUT2D eigenvalue weighted by molar-refractivity contribution is 5.88. The first kappa shape index (κ1) is 13.9. The van der Waals surface area contributed by atoms with Crippen molar-refractivity contribution in [1.82, 2.24) is 15.6 Å². The normalized spacial score (nSPS) is 11.9. The van der Waals surface area contributed by atoms with Gasteiger partial charge in [-0.2, -0.15) is 0 Å². The summed E-state index contributed by atoms with van der Waals surface area (Å²) in [5, 5.41) is 6.10. The van der Waals surface area contributed by atoms with Gasteiger partial charge in [0.2, 0.25) is 5.91 Å². The first-order valence-corrected chi connectivity index (χ1v) is 6.26. The summed E-state index contributed by atoms with van der Waals surface area (Å²) in [6, 6.07) is 7.13. The van der Waals surface area contributed by atoms with Crippen LogP contribution in [0.2, 0.25) is 0 Å². The number of methoxy groups -OCH3 is 1. The smallest absolute Gasteiger partial charge is 0.407 e. The molecule has 0 aliphatic carbocycles. The quantitative estimate of drug-likeness (QED) is 0.783. The van der Waals surface area contributed by atoms with Crippen molar-refractivity contribution in [3.05, 3.63) is 36.0 Å². The Kier molecular flexibility index (Phi) is 4.24. The van der Waals surface area contributed by atoms with Gasteiger partial charge in [-0.15, -0.1) is 0 Å². The number of rotatable bonds is 4. The molecule has 3 N–H and O–H groups in total. The third-order valence-electron chi connectivity index (χ3n) is 3.14. The van der Waals surface area contributed by atoms with Gasteiger partial charge in [0.1, 0.15) is 6.04 Å². The van der Waals surface area contributed by atoms with Crippen molar-refractivity contribution < 1.29 is 14.3 Å². The lowest BCUT2D eigenvalue weighted by Crippen LogP contribution is -2.46. The Hall–Kier alpha value is -2.50. The summed E-state index contributed by atoms with van der Waals surface area (Å²) >= 11 is 0. The number of carbonyl (C=O) groups is 2. The van der Waals surface area contributed by atoms with Crippen LogP contribution in [-0.2, 0) is 16.0 Å². The van der Waals surface area contributed by atoms with Gasteiger partial charge < -0.3 is 20.4 Å². The van der Waals surface area contributed by atoms with E-state index in [4.69, 9.17) is 0 Å². The summed E-state index contributed by atoms with van der Waals surface area (Å²) in [5.74, 6) is -0.263. The molecule has 0 saturated heterocycles. The molecule has 0 aliphatic rings. The molecule has 20 heavy (non-hydrogen) atoms. The molecule has 1 aromatic heterocycles. The lowest BCUT2D eigenvalue weighted by atomic mass is 10.0. The van der Waals surface area contributed by atoms with Gasteiger partial charge in [-0.3, -0.25) is 4.79 Å². The van der Waals surface area contributed by atoms with Crippen LogP contribution >= 0.6 is 0 Å². The molecule has 0 bridgehead atoms. The van der Waals surface area contributed by atoms with E-state index in [0.29, 0.717) is 6.42 Å². The predicted octanol–water partition coefficient (Wildman–Crippen LogP) is 1.18. The van der Waals surface area contributed by atoms with Crippen molar-refractivity contribution in [1.29, 1.82) is 0 Å². The van der Waals surface area contributed by atoms with Crippen molar-refractivity contribution in [3.8, 4) is 0 Å². The minimum atomic E-state index is -0.674. The Morgan fingerprint density at radius 2 is 2.10 bits per heavy atom. The van der Waals surface area contributed by atoms with Crippen LogP contribution in [0.25, 0.3) is 10.9 Å². The van der Waals surface area contributed by atoms with Crippen molar-refractivity contribution >= 4 is 22.9 Å². The minimum absolute atomic E-state index is 0.263. The molecule has 0 fully saturated rings. The summed E-state index contributed by atoms with van der Waals surface area (Å²) in [4.78, 5) is 26.3. The molecule has 106 valence electrons. The number of H-pyrrole nitrogens is 1. The SMILES string of the molecule is CNC(=O)[C@@H](Cc1c[nH]c2ccccc12)NC(=O)OC. The fourth-order valence-corrected chi connectivity index (χ4v) is 2.11. The van der Waals surface area contributed by atoms with Crippen molar-refractivity contribution in [2.75, 3.05) is 14.2 Å². The Bertz CT molecular complexity index is 621. The van der Waals surface area contributed by atoms with Crippen LogP contribution < -0.4 is 10.6 Å². The zero-order valence-electron chi connectivity index (χ0n) is 11.4. The van der Waals surface area contributed by atoms with E-state index in [1.54, 1.807) is 0 Å². The first-order chi connectivity index (χ1) is 9.65. The standard InChI is InChI=1S/C14H17N3O3/c1-15-13(18)12(17-14(19)20-2)7-9-8-16-11-6-4-3-5-10(9)11/h3-6,8,12,16H,7H2,1-2H3,(H,15,18)(H,17,19)/t12-/m1/s1. The van der Waals surface area contributed by atoms with Crippen LogP contribution in [-0.4, -0.2) is 37.2 Å². The topological polar surface area (TPSA) is 83.2 Å². The highest BCUT2D eigenvalue weighted by Gasteiger charge is 2.21. The van der Waals surface area contributed by atoms with E-state index in [2.05, 4.69) is 20.4 Å². The number of aromatic amines is 1. The number of carbonyl (C=O) groups excluding carboxylic acids is 2. The van der Waals surface area contributed by atoms with Gasteiger partial charge >= 0.3 is 6.09 Å². The van der Waals surface area contributed by atoms with E-state index >= 15 is 0 Å². The van der Waals surface area contributed by atoms with Crippen molar-refractivity contribution in [3.63, 3.8) is 0 Å². The number of hydrogen-bond acceptors (Lipinski definition) is 3. The maximum Gasteiger partial charge on any atom is 0.407 e. The highest BCUT2D eigenvalue weighted by atomic mass is 16.5. The minimum Gasteiger partial charge on any atom is -0.453 e. The van der Waals surface area contributed by atoms with Gasteiger partial charge in [0.15, 0.2) is 0 Å². The number of fused-ring (bicyclic) bond motifs is 1. The molecular weight excluding hydrogens is 258 g/mol. The van der Waals surface area contributed by atoms with Crippen LogP contribution in [0, 0.1) is 0 Å². The average Bonchev–Trinajstić information content (AvgIpc) is 2.89. The zero-order valence-corrected chi connectivity index (χ0v) is 11.4. The number of alkyl carbamates (subject to hydrolysis) is 1. The Balaban J connectivity index is 2.22. The average molecular weight is 275 g/mol. The number of aromatic nitrogens is 1. The van der Waals surface area contributed by atoms with E-state index in [-0.39, 0.29) is 5.91 Å². The molecule has 0 unspecified atom stereocenters. The van der Waals surface area contributed by atoms with Crippen LogP contribution in [0.15, 0.2) is 30.5 Å². The number of benzene rings is 1. The second kappa shape index (κ2) is 6.10. The molecule has 2 aromatic rings. The van der Waals surface area contributed by atoms with Crippen LogP contribution in [0.5, 0.6) is 0 Å². The third kappa shape index (κ3) is 2.90. The van der Waals surface area contributed by atoms with E-state index in [1.165, 1.54) is 14.2 Å². The number of likely N-dealkylation sites (N-methyl/N-ethyl adjacent to an activating group) is 1. The van der Waals surface area contributed by atoms with Crippen LogP contribution in [0.3, 0.4) is 0 Å². The van der Waals surface area contributed by atoms with Gasteiger partial charge in [-0.1, -0.05) is 18.2 Å². The lowest BCUT2D eigenvalue weighted by molar-refractivity contribution is -0.122. The number of hydrogen-bond donors (Lipinski definition) is 3. The van der Waals surface area contributed by atoms with Gasteiger partial charge in [-0.05, 0) is 11.6 Å². The monoisotopic (exact) mass is 275 g/mol. The van der Waals surface area contributed by atoms with Gasteiger partial charge in [-0.25, -0.2) is 4.79 Å². The van der Waals surface area contributed by atoms with E-state index < -0.39 is 12.1 Å². The second-order valence-electron chi connectivity index (χ2n) is 4.37. The Morgan fingerprint density at radius 1 is 1.35 bits per heavy atom. The molecule has 1 atom stereocenters. The summed E-state index contributed by atoms with van der Waals surface area (Å²) in [5.41, 5.74) is 1.96. The Labute approximate surface area is 116 Å². The fourth-order valence-electron chi connectivity index (χ4n) is 2.11. The van der Waals surface area contributed by atoms with E-state index in [9.17, 15) is 9.59 Å². The first-order valence-electron chi connectivity index (χ1n) is 6.26. The second-order valence-corrected chi connectivity index (χ2v) is 4.37. The molecule has 1 aromatic carbocycles. The maximum absolute atomic E-state index is 11.8. The summed E-state index contributed by atoms with van der Waals surface area (Å²) in [6.45, 7) is 0. The summed E-state index contributed by atoms with van der Waals surface area (Å²) in [6.07, 6.45) is 1.61. The van der Waals surface area contributed by atoms with Gasteiger partial charge in [0, 0.05) is 30.6 Å². The zero-order chi connectivity index (χ0) is 14.5. The van der Waals surface area contributed by atoms with E-state index in [0.717, 1.165) is 16.5 Å². The molecule has 0 saturated carbocycles. The number of nitrogens with one attached hydrogen (secondary N) is 3. The highest BCUT2D eigenvalue weighted by Crippen LogP contribution is 2.19. The van der Waals surface area contributed by atoms with Crippen molar-refractivity contribution in [2.45, 2.75) is 12.5 Å². The largest absolute Gasteiger partial charge is 0.453 e. The number of amides is 2. The molecule has 0 radical (unpaired) electrons. The lowest BCUT2D eigenvalue weighted by Gasteiger charge is -2.16. The van der Waals surface area contributed by atoms with Gasteiger partial charge in [0.05, 0.1) is 7.11 Å².